The summed E-state index contributed by atoms with van der Waals surface area (Å²) in [5.41, 5.74) is 2.23. The molecule has 0 aliphatic carbocycles. The molecule has 7 heteroatoms. The molecular formula is C17H16ClN3O3. The zero-order valence-electron chi connectivity index (χ0n) is 13.5. The van der Waals surface area contributed by atoms with Gasteiger partial charge in [0.05, 0.1) is 0 Å². The van der Waals surface area contributed by atoms with Crippen LogP contribution in [0, 0.1) is 20.8 Å². The number of nitrogens with one attached hydrogen (secondary N) is 1. The molecule has 1 amide bonds. The first kappa shape index (κ1) is 16.3. The molecule has 0 aliphatic heterocycles. The molecule has 0 saturated heterocycles. The van der Waals surface area contributed by atoms with Crippen molar-refractivity contribution < 1.29 is 9.21 Å². The lowest BCUT2D eigenvalue weighted by Gasteiger charge is -2.10. The van der Waals surface area contributed by atoms with Gasteiger partial charge < -0.3 is 9.73 Å². The lowest BCUT2D eigenvalue weighted by atomic mass is 10.2. The van der Waals surface area contributed by atoms with Gasteiger partial charge >= 0.3 is 0 Å². The van der Waals surface area contributed by atoms with Crippen molar-refractivity contribution in [2.24, 2.45) is 0 Å². The maximum Gasteiger partial charge on any atom is 0.265 e. The van der Waals surface area contributed by atoms with E-state index >= 15 is 0 Å². The van der Waals surface area contributed by atoms with Crippen molar-refractivity contribution >= 4 is 34.3 Å². The van der Waals surface area contributed by atoms with Gasteiger partial charge in [-0.3, -0.25) is 14.2 Å². The second-order valence-corrected chi connectivity index (χ2v) is 6.08. The second kappa shape index (κ2) is 6.13. The summed E-state index contributed by atoms with van der Waals surface area (Å²) >= 11 is 5.94. The Morgan fingerprint density at radius 2 is 2.08 bits per heavy atom. The number of rotatable bonds is 3. The van der Waals surface area contributed by atoms with E-state index in [4.69, 9.17) is 16.0 Å². The number of carbonyl (C=O) groups excluding carboxylic acids is 1. The highest BCUT2D eigenvalue weighted by Gasteiger charge is 2.15. The number of carbonyl (C=O) groups is 1. The third-order valence-corrected chi connectivity index (χ3v) is 4.18. The Morgan fingerprint density at radius 1 is 1.33 bits per heavy atom. The van der Waals surface area contributed by atoms with Crippen LogP contribution in [0.5, 0.6) is 0 Å². The number of hydrogen-bond donors (Lipinski definition) is 1. The Kier molecular flexibility index (Phi) is 4.15. The first-order chi connectivity index (χ1) is 11.4. The van der Waals surface area contributed by atoms with Crippen LogP contribution in [-0.4, -0.2) is 15.5 Å². The summed E-state index contributed by atoms with van der Waals surface area (Å²) in [5.74, 6) is 0.313. The van der Waals surface area contributed by atoms with Gasteiger partial charge in [0.15, 0.2) is 0 Å². The van der Waals surface area contributed by atoms with Crippen LogP contribution in [0.2, 0.25) is 5.02 Å². The molecule has 3 aromatic rings. The van der Waals surface area contributed by atoms with Crippen LogP contribution in [-0.2, 0) is 11.3 Å². The number of nitrogens with zero attached hydrogens (tertiary/aromatic N) is 2. The molecule has 24 heavy (non-hydrogen) atoms. The van der Waals surface area contributed by atoms with Crippen LogP contribution in [0.25, 0.3) is 11.1 Å². The lowest BCUT2D eigenvalue weighted by molar-refractivity contribution is -0.116. The number of aromatic nitrogens is 2. The molecule has 3 rings (SSSR count). The van der Waals surface area contributed by atoms with Crippen LogP contribution >= 0.6 is 11.6 Å². The van der Waals surface area contributed by atoms with E-state index in [-0.39, 0.29) is 23.7 Å². The molecule has 0 spiro atoms. The molecule has 0 bridgehead atoms. The van der Waals surface area contributed by atoms with E-state index in [0.29, 0.717) is 21.9 Å². The Bertz CT molecular complexity index is 1000. The minimum Gasteiger partial charge on any atom is -0.443 e. The average molecular weight is 346 g/mol. The molecule has 0 unspecified atom stereocenters. The van der Waals surface area contributed by atoms with Crippen molar-refractivity contribution in [3.05, 3.63) is 56.8 Å². The minimum atomic E-state index is -0.332. The van der Waals surface area contributed by atoms with Gasteiger partial charge in [0.1, 0.15) is 24.0 Å². The minimum absolute atomic E-state index is 0.141. The molecule has 124 valence electrons. The number of benzene rings is 1. The first-order valence-electron chi connectivity index (χ1n) is 7.38. The maximum atomic E-state index is 12.5. The SMILES string of the molecule is Cc1ccc(Cl)cc1NC(=O)Cn1cnc2oc(C)c(C)c2c1=O. The van der Waals surface area contributed by atoms with Crippen molar-refractivity contribution in [3.63, 3.8) is 0 Å². The molecule has 6 nitrogen and oxygen atoms in total. The summed E-state index contributed by atoms with van der Waals surface area (Å²) in [6, 6.07) is 5.23. The monoisotopic (exact) mass is 345 g/mol. The van der Waals surface area contributed by atoms with Gasteiger partial charge in [-0.1, -0.05) is 17.7 Å². The van der Waals surface area contributed by atoms with Crippen molar-refractivity contribution in [1.29, 1.82) is 0 Å². The van der Waals surface area contributed by atoms with E-state index < -0.39 is 0 Å². The third kappa shape index (κ3) is 2.92. The number of aryl methyl sites for hydroxylation is 3. The summed E-state index contributed by atoms with van der Waals surface area (Å²) in [6.07, 6.45) is 1.32. The van der Waals surface area contributed by atoms with Crippen LogP contribution < -0.4 is 10.9 Å². The number of hydrogen-bond acceptors (Lipinski definition) is 4. The highest BCUT2D eigenvalue weighted by molar-refractivity contribution is 6.31. The Labute approximate surface area is 143 Å². The van der Waals surface area contributed by atoms with E-state index in [1.165, 1.54) is 10.9 Å². The maximum absolute atomic E-state index is 12.5. The van der Waals surface area contributed by atoms with Gasteiger partial charge in [0.25, 0.3) is 5.56 Å². The summed E-state index contributed by atoms with van der Waals surface area (Å²) in [4.78, 5) is 28.9. The van der Waals surface area contributed by atoms with E-state index in [1.807, 2.05) is 13.0 Å². The Morgan fingerprint density at radius 3 is 2.83 bits per heavy atom. The predicted molar refractivity (Wildman–Crippen MR) is 92.6 cm³/mol. The zero-order chi connectivity index (χ0) is 17.4. The fourth-order valence-electron chi connectivity index (χ4n) is 2.46. The topological polar surface area (TPSA) is 77.1 Å². The van der Waals surface area contributed by atoms with Gasteiger partial charge in [0.2, 0.25) is 11.6 Å². The van der Waals surface area contributed by atoms with Crippen molar-refractivity contribution in [1.82, 2.24) is 9.55 Å². The Balaban J connectivity index is 1.88. The molecular weight excluding hydrogens is 330 g/mol. The number of anilines is 1. The van der Waals surface area contributed by atoms with Crippen LogP contribution in [0.4, 0.5) is 5.69 Å². The fourth-order valence-corrected chi connectivity index (χ4v) is 2.63. The number of amides is 1. The van der Waals surface area contributed by atoms with Crippen LogP contribution in [0.3, 0.4) is 0 Å². The summed E-state index contributed by atoms with van der Waals surface area (Å²) in [6.45, 7) is 5.29. The molecule has 1 N–H and O–H groups in total. The fraction of sp³-hybridized carbons (Fsp3) is 0.235. The lowest BCUT2D eigenvalue weighted by Crippen LogP contribution is -2.28. The van der Waals surface area contributed by atoms with Gasteiger partial charge in [-0.05, 0) is 38.5 Å². The van der Waals surface area contributed by atoms with Crippen molar-refractivity contribution in [3.8, 4) is 0 Å². The number of furan rings is 1. The van der Waals surface area contributed by atoms with E-state index in [1.54, 1.807) is 26.0 Å². The molecule has 0 aliphatic rings. The molecule has 2 heterocycles. The third-order valence-electron chi connectivity index (χ3n) is 3.94. The van der Waals surface area contributed by atoms with E-state index in [9.17, 15) is 9.59 Å². The quantitative estimate of drug-likeness (QED) is 0.790. The van der Waals surface area contributed by atoms with Gasteiger partial charge in [0, 0.05) is 16.3 Å². The average Bonchev–Trinajstić information content (AvgIpc) is 2.81. The zero-order valence-corrected chi connectivity index (χ0v) is 14.3. The summed E-state index contributed by atoms with van der Waals surface area (Å²) < 4.78 is 6.69. The molecule has 0 fully saturated rings. The van der Waals surface area contributed by atoms with Gasteiger partial charge in [-0.2, -0.15) is 0 Å². The largest absolute Gasteiger partial charge is 0.443 e. The second-order valence-electron chi connectivity index (χ2n) is 5.65. The normalized spacial score (nSPS) is 11.0. The highest BCUT2D eigenvalue weighted by Crippen LogP contribution is 2.21. The standard InChI is InChI=1S/C17H16ClN3O3/c1-9-4-5-12(18)6-13(9)20-14(22)7-21-8-19-16-15(17(21)23)10(2)11(3)24-16/h4-6,8H,7H2,1-3H3,(H,20,22). The molecule has 0 radical (unpaired) electrons. The summed E-state index contributed by atoms with van der Waals surface area (Å²) in [5, 5.41) is 3.69. The van der Waals surface area contributed by atoms with Crippen molar-refractivity contribution in [2.75, 3.05) is 5.32 Å². The Hall–Kier alpha value is -2.60. The number of fused-ring (bicyclic) bond motifs is 1. The first-order valence-corrected chi connectivity index (χ1v) is 7.75. The van der Waals surface area contributed by atoms with E-state index in [0.717, 1.165) is 11.1 Å². The number of halogens is 1. The highest BCUT2D eigenvalue weighted by atomic mass is 35.5. The van der Waals surface area contributed by atoms with Crippen LogP contribution in [0.1, 0.15) is 16.9 Å². The van der Waals surface area contributed by atoms with Crippen molar-refractivity contribution in [2.45, 2.75) is 27.3 Å². The van der Waals surface area contributed by atoms with Crippen LogP contribution in [0.15, 0.2) is 33.7 Å². The summed E-state index contributed by atoms with van der Waals surface area (Å²) in [7, 11) is 0. The molecule has 0 saturated carbocycles. The van der Waals surface area contributed by atoms with Gasteiger partial charge in [-0.25, -0.2) is 4.98 Å². The van der Waals surface area contributed by atoms with Gasteiger partial charge in [-0.15, -0.1) is 0 Å². The smallest absolute Gasteiger partial charge is 0.265 e. The molecule has 0 atom stereocenters. The molecule has 2 aromatic heterocycles. The molecule has 1 aromatic carbocycles. The predicted octanol–water partition coefficient (Wildman–Crippen LogP) is 3.21. The van der Waals surface area contributed by atoms with E-state index in [2.05, 4.69) is 10.3 Å².